The highest BCUT2D eigenvalue weighted by molar-refractivity contribution is 5.97. The maximum absolute atomic E-state index is 14.2. The van der Waals surface area contributed by atoms with E-state index in [0.717, 1.165) is 17.0 Å². The number of piperidine rings is 1. The molecule has 40 heavy (non-hydrogen) atoms. The van der Waals surface area contributed by atoms with Crippen molar-refractivity contribution < 1.29 is 32.2 Å². The number of halogens is 3. The normalized spacial score (nSPS) is 18.6. The van der Waals surface area contributed by atoms with E-state index in [2.05, 4.69) is 20.5 Å². The van der Waals surface area contributed by atoms with Crippen LogP contribution in [0.4, 0.5) is 18.0 Å². The summed E-state index contributed by atoms with van der Waals surface area (Å²) in [5, 5.41) is 11.3. The highest BCUT2D eigenvalue weighted by atomic mass is 19.3. The third-order valence-electron chi connectivity index (χ3n) is 7.17. The second-order valence-corrected chi connectivity index (χ2v) is 11.5. The summed E-state index contributed by atoms with van der Waals surface area (Å²) in [6.45, 7) is 9.57. The summed E-state index contributed by atoms with van der Waals surface area (Å²) in [4.78, 5) is 32.8. The summed E-state index contributed by atoms with van der Waals surface area (Å²) in [6, 6.07) is 2.49. The average Bonchev–Trinajstić information content (AvgIpc) is 2.87. The van der Waals surface area contributed by atoms with Gasteiger partial charge in [0.05, 0.1) is 18.2 Å². The molecule has 1 atom stereocenters. The number of rotatable bonds is 7. The van der Waals surface area contributed by atoms with Crippen molar-refractivity contribution in [3.05, 3.63) is 41.6 Å². The van der Waals surface area contributed by atoms with Crippen molar-refractivity contribution in [3.8, 4) is 11.6 Å². The van der Waals surface area contributed by atoms with Crippen molar-refractivity contribution in [1.29, 1.82) is 0 Å². The molecule has 13 heteroatoms. The highest BCUT2D eigenvalue weighted by Gasteiger charge is 2.51. The van der Waals surface area contributed by atoms with Crippen molar-refractivity contribution in [2.75, 3.05) is 26.2 Å². The molecule has 4 rings (SSSR count). The molecule has 218 valence electrons. The first-order chi connectivity index (χ1) is 18.8. The van der Waals surface area contributed by atoms with E-state index < -0.39 is 36.3 Å². The van der Waals surface area contributed by atoms with Gasteiger partial charge >= 0.3 is 6.09 Å². The van der Waals surface area contributed by atoms with Crippen molar-refractivity contribution in [1.82, 2.24) is 30.3 Å². The summed E-state index contributed by atoms with van der Waals surface area (Å²) in [7, 11) is 0. The molecule has 1 N–H and O–H groups in total. The lowest BCUT2D eigenvalue weighted by atomic mass is 9.66. The second kappa shape index (κ2) is 11.6. The van der Waals surface area contributed by atoms with Crippen LogP contribution in [-0.2, 0) is 4.74 Å². The van der Waals surface area contributed by atoms with Gasteiger partial charge in [-0.2, -0.15) is 0 Å². The van der Waals surface area contributed by atoms with E-state index in [1.54, 1.807) is 18.7 Å². The minimum atomic E-state index is -2.76. The Hall–Kier alpha value is -3.48. The maximum atomic E-state index is 14.2. The fraction of sp³-hybridized carbons (Fsp3) is 0.593. The number of amides is 2. The predicted octanol–water partition coefficient (Wildman–Crippen LogP) is 4.58. The van der Waals surface area contributed by atoms with E-state index in [9.17, 15) is 22.8 Å². The van der Waals surface area contributed by atoms with Crippen molar-refractivity contribution in [3.63, 3.8) is 0 Å². The third-order valence-corrected chi connectivity index (χ3v) is 7.17. The number of alkyl halides is 2. The molecular weight excluding hydrogens is 529 g/mol. The van der Waals surface area contributed by atoms with Gasteiger partial charge in [-0.15, -0.1) is 10.2 Å². The van der Waals surface area contributed by atoms with E-state index in [0.29, 0.717) is 38.2 Å². The summed E-state index contributed by atoms with van der Waals surface area (Å²) >= 11 is 0. The molecule has 0 radical (unpaired) electrons. The number of carbonyl (C=O) groups is 2. The molecular formula is C27H35F3N6O4. The van der Waals surface area contributed by atoms with E-state index in [-0.39, 0.29) is 34.7 Å². The molecule has 0 aliphatic carbocycles. The molecule has 2 fully saturated rings. The highest BCUT2D eigenvalue weighted by Crippen LogP contribution is 2.50. The van der Waals surface area contributed by atoms with E-state index >= 15 is 0 Å². The molecule has 2 amide bonds. The number of hydrogen-bond donors (Lipinski definition) is 1. The molecule has 0 saturated carbocycles. The minimum absolute atomic E-state index is 0.0132. The van der Waals surface area contributed by atoms with Crippen LogP contribution in [0.1, 0.15) is 69.6 Å². The van der Waals surface area contributed by atoms with E-state index in [1.807, 2.05) is 20.8 Å². The largest absolute Gasteiger partial charge is 0.444 e. The van der Waals surface area contributed by atoms with Crippen LogP contribution in [0.3, 0.4) is 0 Å². The molecule has 2 saturated heterocycles. The van der Waals surface area contributed by atoms with Gasteiger partial charge in [0.25, 0.3) is 18.2 Å². The molecule has 3 heterocycles. The third kappa shape index (κ3) is 6.45. The van der Waals surface area contributed by atoms with Gasteiger partial charge in [-0.3, -0.25) is 4.79 Å². The van der Waals surface area contributed by atoms with Crippen molar-refractivity contribution in [2.45, 2.75) is 71.6 Å². The monoisotopic (exact) mass is 564 g/mol. The zero-order chi connectivity index (χ0) is 29.2. The fourth-order valence-electron chi connectivity index (χ4n) is 5.04. The molecule has 0 bridgehead atoms. The smallest absolute Gasteiger partial charge is 0.410 e. The molecule has 10 nitrogen and oxygen atoms in total. The Kier molecular flexibility index (Phi) is 8.52. The van der Waals surface area contributed by atoms with Crippen LogP contribution in [0.15, 0.2) is 24.5 Å². The van der Waals surface area contributed by atoms with Gasteiger partial charge in [-0.1, -0.05) is 0 Å². The Morgan fingerprint density at radius 2 is 1.93 bits per heavy atom. The predicted molar refractivity (Wildman–Crippen MR) is 139 cm³/mol. The lowest BCUT2D eigenvalue weighted by molar-refractivity contribution is -0.0197. The zero-order valence-electron chi connectivity index (χ0n) is 23.3. The average molecular weight is 565 g/mol. The standard InChI is InChI=1S/C27H35F3N6O4/c1-16(2)36(13-20(29)30)24(37)18-12-17(28)6-7-19(18)39-23-21(32-15-33-34-23)22-27(14-31-22)8-10-35(11-9-27)25(38)40-26(3,4)5/h6-7,12,15-16,20,22,31H,8-11,13-14H2,1-5H3. The van der Waals surface area contributed by atoms with E-state index in [4.69, 9.17) is 9.47 Å². The van der Waals surface area contributed by atoms with Crippen LogP contribution >= 0.6 is 0 Å². The fourth-order valence-corrected chi connectivity index (χ4v) is 5.04. The number of nitrogens with zero attached hydrogens (tertiary/aromatic N) is 5. The van der Waals surface area contributed by atoms with Gasteiger partial charge in [-0.05, 0) is 65.7 Å². The van der Waals surface area contributed by atoms with Gasteiger partial charge in [0.15, 0.2) is 0 Å². The number of benzene rings is 1. The first-order valence-electron chi connectivity index (χ1n) is 13.2. The van der Waals surface area contributed by atoms with Crippen LogP contribution in [-0.4, -0.2) is 81.2 Å². The lowest BCUT2D eigenvalue weighted by Gasteiger charge is -2.54. The van der Waals surface area contributed by atoms with Gasteiger partial charge in [0.1, 0.15) is 29.2 Å². The number of hydrogen-bond acceptors (Lipinski definition) is 8. The zero-order valence-corrected chi connectivity index (χ0v) is 23.3. The van der Waals surface area contributed by atoms with E-state index in [1.165, 1.54) is 12.4 Å². The Morgan fingerprint density at radius 3 is 2.50 bits per heavy atom. The molecule has 2 aliphatic heterocycles. The quantitative estimate of drug-likeness (QED) is 0.521. The molecule has 1 unspecified atom stereocenters. The van der Waals surface area contributed by atoms with Gasteiger partial charge < -0.3 is 24.6 Å². The van der Waals surface area contributed by atoms with Crippen LogP contribution in [0.25, 0.3) is 0 Å². The number of ether oxygens (including phenoxy) is 2. The van der Waals surface area contributed by atoms with Gasteiger partial charge in [0.2, 0.25) is 0 Å². The number of nitrogens with one attached hydrogen (secondary N) is 1. The second-order valence-electron chi connectivity index (χ2n) is 11.5. The molecule has 1 aromatic heterocycles. The van der Waals surface area contributed by atoms with Crippen LogP contribution < -0.4 is 10.1 Å². The lowest BCUT2D eigenvalue weighted by Crippen LogP contribution is -2.61. The summed E-state index contributed by atoms with van der Waals surface area (Å²) in [5.74, 6) is -1.55. The van der Waals surface area contributed by atoms with Gasteiger partial charge in [0, 0.05) is 31.1 Å². The molecule has 2 aliphatic rings. The minimum Gasteiger partial charge on any atom is -0.444 e. The topological polar surface area (TPSA) is 110 Å². The number of aromatic nitrogens is 3. The Morgan fingerprint density at radius 1 is 1.23 bits per heavy atom. The molecule has 1 aromatic carbocycles. The molecule has 1 spiro atoms. The number of likely N-dealkylation sites (tertiary alicyclic amines) is 1. The Balaban J connectivity index is 1.56. The van der Waals surface area contributed by atoms with Gasteiger partial charge in [-0.25, -0.2) is 22.9 Å². The summed E-state index contributed by atoms with van der Waals surface area (Å²) < 4.78 is 52.1. The summed E-state index contributed by atoms with van der Waals surface area (Å²) in [5.41, 5.74) is -0.576. The number of carbonyl (C=O) groups excluding carboxylic acids is 2. The van der Waals surface area contributed by atoms with Crippen LogP contribution in [0, 0.1) is 11.2 Å². The first kappa shape index (κ1) is 29.5. The first-order valence-corrected chi connectivity index (χ1v) is 13.2. The maximum Gasteiger partial charge on any atom is 0.410 e. The Labute approximate surface area is 231 Å². The van der Waals surface area contributed by atoms with Crippen LogP contribution in [0.2, 0.25) is 0 Å². The molecule has 2 aromatic rings. The van der Waals surface area contributed by atoms with Crippen molar-refractivity contribution >= 4 is 12.0 Å². The van der Waals surface area contributed by atoms with Crippen LogP contribution in [0.5, 0.6) is 11.6 Å². The van der Waals surface area contributed by atoms with Crippen molar-refractivity contribution in [2.24, 2.45) is 5.41 Å². The Bertz CT molecular complexity index is 1230. The summed E-state index contributed by atoms with van der Waals surface area (Å²) in [6.07, 6.45) is -0.460. The SMILES string of the molecule is CC(C)N(CC(F)F)C(=O)c1cc(F)ccc1Oc1nncnc1C1NCC12CCN(C(=O)OC(C)(C)C)CC2.